The van der Waals surface area contributed by atoms with Crippen LogP contribution in [0.25, 0.3) is 0 Å². The molecule has 0 aliphatic carbocycles. The molecule has 1 heterocycles. The Balaban J connectivity index is 1.83. The number of aliphatic hydroxyl groups is 1. The fourth-order valence-electron chi connectivity index (χ4n) is 3.54. The van der Waals surface area contributed by atoms with Gasteiger partial charge in [-0.2, -0.15) is 0 Å². The van der Waals surface area contributed by atoms with E-state index in [0.29, 0.717) is 15.6 Å². The Morgan fingerprint density at radius 1 is 0.927 bits per heavy atom. The highest BCUT2D eigenvalue weighted by atomic mass is 32.1. The fourth-order valence-corrected chi connectivity index (χ4v) is 4.25. The molecule has 0 saturated carbocycles. The number of hydrogen-bond acceptors (Lipinski definition) is 10. The number of anilines is 1. The van der Waals surface area contributed by atoms with E-state index in [-0.39, 0.29) is 24.7 Å². The molecule has 0 aliphatic rings. The fraction of sp³-hybridized carbons (Fsp3) is 0.462. The molecule has 0 fully saturated rings. The van der Waals surface area contributed by atoms with Crippen LogP contribution < -0.4 is 32.3 Å². The van der Waals surface area contributed by atoms with Gasteiger partial charge in [0.1, 0.15) is 29.9 Å². The number of primary amides is 1. The Morgan fingerprint density at radius 3 is 2.10 bits per heavy atom. The summed E-state index contributed by atoms with van der Waals surface area (Å²) in [5, 5.41) is 32.0. The summed E-state index contributed by atoms with van der Waals surface area (Å²) >= 11 is 1.21. The second-order valence-electron chi connectivity index (χ2n) is 9.73. The predicted octanol–water partition coefficient (Wildman–Crippen LogP) is -0.884. The monoisotopic (exact) mass is 591 g/mol. The van der Waals surface area contributed by atoms with E-state index in [9.17, 15) is 34.2 Å². The number of nitrogens with zero attached hydrogens (tertiary/aromatic N) is 1. The summed E-state index contributed by atoms with van der Waals surface area (Å²) < 4.78 is 0. The number of rotatable bonds is 15. The van der Waals surface area contributed by atoms with Crippen molar-refractivity contribution >= 4 is 46.0 Å². The molecule has 14 nitrogen and oxygen atoms in total. The van der Waals surface area contributed by atoms with E-state index in [1.165, 1.54) is 43.5 Å². The summed E-state index contributed by atoms with van der Waals surface area (Å²) in [5.74, 6) is -3.27. The van der Waals surface area contributed by atoms with Crippen LogP contribution in [0.2, 0.25) is 0 Å². The average molecular weight is 592 g/mol. The van der Waals surface area contributed by atoms with Crippen LogP contribution in [-0.2, 0) is 37.0 Å². The van der Waals surface area contributed by atoms with Crippen LogP contribution in [0.1, 0.15) is 38.1 Å². The molecule has 41 heavy (non-hydrogen) atoms. The lowest BCUT2D eigenvalue weighted by Crippen LogP contribution is -2.55. The molecule has 15 heteroatoms. The Bertz CT molecular complexity index is 1220. The molecule has 1 aromatic heterocycles. The van der Waals surface area contributed by atoms with Crippen LogP contribution in [0.5, 0.6) is 5.75 Å². The van der Waals surface area contributed by atoms with Gasteiger partial charge in [0.25, 0.3) is 0 Å². The molecule has 5 amide bonds. The molecular formula is C26H37N7O7S. The van der Waals surface area contributed by atoms with Crippen molar-refractivity contribution in [1.82, 2.24) is 26.3 Å². The Kier molecular flexibility index (Phi) is 12.5. The number of amides is 5. The summed E-state index contributed by atoms with van der Waals surface area (Å²) in [6, 6.07) is 2.28. The number of thiazole rings is 1. The molecule has 224 valence electrons. The first kappa shape index (κ1) is 33.0. The zero-order valence-corrected chi connectivity index (χ0v) is 24.1. The van der Waals surface area contributed by atoms with Crippen molar-refractivity contribution in [2.45, 2.75) is 64.9 Å². The highest BCUT2D eigenvalue weighted by molar-refractivity contribution is 7.15. The van der Waals surface area contributed by atoms with Crippen LogP contribution in [0.3, 0.4) is 0 Å². The van der Waals surface area contributed by atoms with Crippen molar-refractivity contribution in [3.8, 4) is 5.75 Å². The summed E-state index contributed by atoms with van der Waals surface area (Å²) in [4.78, 5) is 66.8. The van der Waals surface area contributed by atoms with E-state index < -0.39 is 60.2 Å². The number of phenols is 1. The third kappa shape index (κ3) is 10.7. The SMILES string of the molecule is CC(NC(=O)C(C)NC(=O)C(Nc1ncc(CO)s1)C(C)C)C(=O)NCC(=O)NC(Cc1ccc(O)cc1)C(N)=O. The maximum atomic E-state index is 12.8. The number of carbonyl (C=O) groups excluding carboxylic acids is 5. The highest BCUT2D eigenvalue weighted by Gasteiger charge is 2.28. The zero-order valence-electron chi connectivity index (χ0n) is 23.3. The van der Waals surface area contributed by atoms with E-state index in [1.807, 2.05) is 13.8 Å². The zero-order chi connectivity index (χ0) is 30.7. The summed E-state index contributed by atoms with van der Waals surface area (Å²) in [6.07, 6.45) is 1.59. The molecule has 0 aliphatic heterocycles. The van der Waals surface area contributed by atoms with Gasteiger partial charge in [-0.25, -0.2) is 4.98 Å². The number of aromatic nitrogens is 1. The number of nitrogens with one attached hydrogen (secondary N) is 5. The van der Waals surface area contributed by atoms with Gasteiger partial charge in [0.2, 0.25) is 29.5 Å². The maximum absolute atomic E-state index is 12.8. The Labute approximate surface area is 241 Å². The topological polar surface area (TPSA) is 225 Å². The molecule has 0 saturated heterocycles. The molecule has 0 bridgehead atoms. The summed E-state index contributed by atoms with van der Waals surface area (Å²) in [6.45, 7) is 5.89. The van der Waals surface area contributed by atoms with Crippen molar-refractivity contribution in [3.63, 3.8) is 0 Å². The number of aromatic hydroxyl groups is 1. The standard InChI is InChI=1S/C26H37N7O7S/c1-13(2)21(33-26-29-10-18(12-34)41-26)25(40)31-15(4)24(39)30-14(3)23(38)28-11-20(36)32-19(22(27)37)9-16-5-7-17(35)8-6-16/h5-8,10,13-15,19,21,34-35H,9,11-12H2,1-4H3,(H2,27,37)(H,28,38)(H,29,33)(H,30,39)(H,31,40)(H,32,36). The lowest BCUT2D eigenvalue weighted by molar-refractivity contribution is -0.132. The largest absolute Gasteiger partial charge is 0.508 e. The molecule has 1 aromatic carbocycles. The molecule has 0 spiro atoms. The highest BCUT2D eigenvalue weighted by Crippen LogP contribution is 2.20. The van der Waals surface area contributed by atoms with Crippen LogP contribution in [0, 0.1) is 5.92 Å². The van der Waals surface area contributed by atoms with Gasteiger partial charge in [-0.15, -0.1) is 0 Å². The van der Waals surface area contributed by atoms with Crippen molar-refractivity contribution in [1.29, 1.82) is 0 Å². The Hall–Kier alpha value is -4.24. The van der Waals surface area contributed by atoms with Crippen LogP contribution in [0.4, 0.5) is 5.13 Å². The van der Waals surface area contributed by atoms with E-state index in [1.54, 1.807) is 12.1 Å². The summed E-state index contributed by atoms with van der Waals surface area (Å²) in [7, 11) is 0. The number of carbonyl (C=O) groups is 5. The van der Waals surface area contributed by atoms with Gasteiger partial charge >= 0.3 is 0 Å². The minimum Gasteiger partial charge on any atom is -0.508 e. The minimum atomic E-state index is -1.04. The quantitative estimate of drug-likeness (QED) is 0.128. The second kappa shape index (κ2) is 15.5. The third-order valence-corrected chi connectivity index (χ3v) is 6.83. The normalized spacial score (nSPS) is 13.8. The first-order valence-electron chi connectivity index (χ1n) is 12.9. The number of hydrogen-bond donors (Lipinski definition) is 8. The minimum absolute atomic E-state index is 0.0514. The summed E-state index contributed by atoms with van der Waals surface area (Å²) in [5.41, 5.74) is 6.04. The number of aliphatic hydroxyl groups excluding tert-OH is 1. The van der Waals surface area contributed by atoms with Gasteiger partial charge in [0, 0.05) is 12.6 Å². The van der Waals surface area contributed by atoms with Crippen molar-refractivity contribution in [2.24, 2.45) is 11.7 Å². The van der Waals surface area contributed by atoms with E-state index in [0.717, 1.165) is 0 Å². The van der Waals surface area contributed by atoms with Crippen molar-refractivity contribution in [2.75, 3.05) is 11.9 Å². The molecule has 2 rings (SSSR count). The van der Waals surface area contributed by atoms with Crippen LogP contribution >= 0.6 is 11.3 Å². The van der Waals surface area contributed by atoms with Gasteiger partial charge in [-0.05, 0) is 37.5 Å². The average Bonchev–Trinajstić information content (AvgIpc) is 3.38. The van der Waals surface area contributed by atoms with E-state index in [4.69, 9.17) is 5.73 Å². The molecule has 2 aromatic rings. The van der Waals surface area contributed by atoms with E-state index >= 15 is 0 Å². The predicted molar refractivity (Wildman–Crippen MR) is 151 cm³/mol. The smallest absolute Gasteiger partial charge is 0.243 e. The van der Waals surface area contributed by atoms with Crippen molar-refractivity contribution < 1.29 is 34.2 Å². The lowest BCUT2D eigenvalue weighted by Gasteiger charge is -2.24. The van der Waals surface area contributed by atoms with Crippen molar-refractivity contribution in [3.05, 3.63) is 40.9 Å². The van der Waals surface area contributed by atoms with Crippen LogP contribution in [0.15, 0.2) is 30.5 Å². The Morgan fingerprint density at radius 2 is 1.54 bits per heavy atom. The molecule has 4 unspecified atom stereocenters. The number of nitrogens with two attached hydrogens (primary N) is 1. The maximum Gasteiger partial charge on any atom is 0.243 e. The van der Waals surface area contributed by atoms with Gasteiger partial charge in [-0.1, -0.05) is 37.3 Å². The van der Waals surface area contributed by atoms with E-state index in [2.05, 4.69) is 31.6 Å². The first-order valence-corrected chi connectivity index (χ1v) is 13.7. The van der Waals surface area contributed by atoms with Gasteiger partial charge in [0.05, 0.1) is 18.0 Å². The molecular weight excluding hydrogens is 554 g/mol. The van der Waals surface area contributed by atoms with Gasteiger partial charge < -0.3 is 42.5 Å². The van der Waals surface area contributed by atoms with Gasteiger partial charge in [-0.3, -0.25) is 24.0 Å². The number of phenolic OH excluding ortho intramolecular Hbond substituents is 1. The van der Waals surface area contributed by atoms with Crippen LogP contribution in [-0.4, -0.2) is 75.4 Å². The lowest BCUT2D eigenvalue weighted by atomic mass is 10.0. The third-order valence-electron chi connectivity index (χ3n) is 5.92. The molecule has 9 N–H and O–H groups in total. The molecule has 0 radical (unpaired) electrons. The number of benzene rings is 1. The second-order valence-corrected chi connectivity index (χ2v) is 10.8. The molecule has 4 atom stereocenters. The first-order chi connectivity index (χ1) is 19.3. The van der Waals surface area contributed by atoms with Gasteiger partial charge in [0.15, 0.2) is 5.13 Å².